The van der Waals surface area contributed by atoms with Gasteiger partial charge in [-0.05, 0) is 25.0 Å². The lowest BCUT2D eigenvalue weighted by atomic mass is 9.72. The van der Waals surface area contributed by atoms with Crippen molar-refractivity contribution in [3.63, 3.8) is 0 Å². The molecule has 1 aliphatic rings. The van der Waals surface area contributed by atoms with Crippen molar-refractivity contribution in [2.45, 2.75) is 33.2 Å². The largest absolute Gasteiger partial charge is 0.308 e. The third-order valence-corrected chi connectivity index (χ3v) is 3.44. The molecule has 2 unspecified atom stereocenters. The van der Waals surface area contributed by atoms with Crippen LogP contribution in [-0.4, -0.2) is 11.5 Å². The second-order valence-electron chi connectivity index (χ2n) is 4.58. The van der Waals surface area contributed by atoms with E-state index in [9.17, 15) is 0 Å². The quantitative estimate of drug-likeness (QED) is 0.775. The number of hydrogen-bond acceptors (Lipinski definition) is 2. The van der Waals surface area contributed by atoms with Crippen molar-refractivity contribution in [2.75, 3.05) is 6.54 Å². The van der Waals surface area contributed by atoms with Crippen molar-refractivity contribution in [3.05, 3.63) is 29.6 Å². The van der Waals surface area contributed by atoms with Gasteiger partial charge in [0.25, 0.3) is 0 Å². The normalized spacial score (nSPS) is 31.2. The van der Waals surface area contributed by atoms with Gasteiger partial charge in [-0.3, -0.25) is 4.98 Å². The molecule has 0 aliphatic carbocycles. The molecule has 1 aliphatic heterocycles. The molecule has 2 nitrogen and oxygen atoms in total. The van der Waals surface area contributed by atoms with E-state index in [1.807, 2.05) is 6.20 Å². The number of aryl methyl sites for hydroxylation is 1. The highest BCUT2D eigenvalue weighted by atomic mass is 15.1. The van der Waals surface area contributed by atoms with E-state index >= 15 is 0 Å². The molecule has 0 amide bonds. The molecular weight excluding hydrogens is 172 g/mol. The van der Waals surface area contributed by atoms with Gasteiger partial charge in [0.2, 0.25) is 0 Å². The van der Waals surface area contributed by atoms with E-state index in [1.165, 1.54) is 17.7 Å². The number of nitrogens with one attached hydrogen (secondary N) is 1. The fourth-order valence-corrected chi connectivity index (χ4v) is 1.99. The van der Waals surface area contributed by atoms with Crippen molar-refractivity contribution < 1.29 is 0 Å². The van der Waals surface area contributed by atoms with E-state index < -0.39 is 0 Å². The number of pyridine rings is 1. The van der Waals surface area contributed by atoms with Crippen molar-refractivity contribution in [1.29, 1.82) is 0 Å². The summed E-state index contributed by atoms with van der Waals surface area (Å²) in [6.07, 6.45) is 3.16. The smallest absolute Gasteiger partial charge is 0.0579 e. The van der Waals surface area contributed by atoms with Gasteiger partial charge < -0.3 is 5.32 Å². The number of nitrogens with zero attached hydrogens (tertiary/aromatic N) is 1. The van der Waals surface area contributed by atoms with Gasteiger partial charge in [0, 0.05) is 18.2 Å². The Morgan fingerprint density at radius 1 is 1.57 bits per heavy atom. The molecule has 0 aromatic carbocycles. The molecule has 2 heterocycles. The third-order valence-electron chi connectivity index (χ3n) is 3.44. The van der Waals surface area contributed by atoms with Crippen LogP contribution < -0.4 is 5.32 Å². The number of rotatable bonds is 2. The van der Waals surface area contributed by atoms with E-state index in [0.29, 0.717) is 11.5 Å². The summed E-state index contributed by atoms with van der Waals surface area (Å²) in [6, 6.07) is 4.73. The van der Waals surface area contributed by atoms with Crippen LogP contribution in [0.25, 0.3) is 0 Å². The van der Waals surface area contributed by atoms with Gasteiger partial charge in [0.05, 0.1) is 11.7 Å². The zero-order valence-corrected chi connectivity index (χ0v) is 9.17. The minimum Gasteiger partial charge on any atom is -0.308 e. The maximum atomic E-state index is 4.48. The molecule has 2 rings (SSSR count). The van der Waals surface area contributed by atoms with Crippen LogP contribution in [0, 0.1) is 12.3 Å². The Hall–Kier alpha value is -0.890. The molecule has 14 heavy (non-hydrogen) atoms. The topological polar surface area (TPSA) is 24.9 Å². The zero-order chi connectivity index (χ0) is 10.2. The molecule has 76 valence electrons. The Balaban J connectivity index is 2.20. The van der Waals surface area contributed by atoms with Crippen LogP contribution in [0.3, 0.4) is 0 Å². The molecular formula is C12H18N2. The van der Waals surface area contributed by atoms with Gasteiger partial charge in [-0.25, -0.2) is 0 Å². The van der Waals surface area contributed by atoms with Crippen molar-refractivity contribution in [3.8, 4) is 0 Å². The van der Waals surface area contributed by atoms with E-state index in [4.69, 9.17) is 0 Å². The maximum absolute atomic E-state index is 4.48. The first-order valence-electron chi connectivity index (χ1n) is 5.31. The molecule has 2 atom stereocenters. The Kier molecular flexibility index (Phi) is 2.31. The predicted octanol–water partition coefficient (Wildman–Crippen LogP) is 2.45. The van der Waals surface area contributed by atoms with Gasteiger partial charge in [0.15, 0.2) is 0 Å². The predicted molar refractivity (Wildman–Crippen MR) is 58.1 cm³/mol. The highest BCUT2D eigenvalue weighted by Crippen LogP contribution is 2.42. The highest BCUT2D eigenvalue weighted by molar-refractivity contribution is 5.20. The van der Waals surface area contributed by atoms with E-state index in [0.717, 1.165) is 6.54 Å². The van der Waals surface area contributed by atoms with Crippen LogP contribution in [0.1, 0.15) is 37.6 Å². The summed E-state index contributed by atoms with van der Waals surface area (Å²) >= 11 is 0. The molecule has 0 saturated carbocycles. The summed E-state index contributed by atoms with van der Waals surface area (Å²) in [4.78, 5) is 4.48. The lowest BCUT2D eigenvalue weighted by Crippen LogP contribution is -2.54. The van der Waals surface area contributed by atoms with Crippen LogP contribution in [0.2, 0.25) is 0 Å². The lowest BCUT2D eigenvalue weighted by molar-refractivity contribution is 0.0957. The zero-order valence-electron chi connectivity index (χ0n) is 9.17. The standard InChI is InChI=1S/C12H18N2/c1-4-12(3)8-14-11(12)10-6-5-9(2)7-13-10/h5-7,11,14H,4,8H2,1-3H3. The average molecular weight is 190 g/mol. The molecule has 1 saturated heterocycles. The number of hydrogen-bond donors (Lipinski definition) is 1. The van der Waals surface area contributed by atoms with Gasteiger partial charge in [0.1, 0.15) is 0 Å². The summed E-state index contributed by atoms with van der Waals surface area (Å²) in [7, 11) is 0. The summed E-state index contributed by atoms with van der Waals surface area (Å²) in [5, 5.41) is 3.46. The molecule has 0 spiro atoms. The average Bonchev–Trinajstić information content (AvgIpc) is 2.18. The van der Waals surface area contributed by atoms with Crippen LogP contribution in [0.4, 0.5) is 0 Å². The molecule has 2 heteroatoms. The lowest BCUT2D eigenvalue weighted by Gasteiger charge is -2.47. The summed E-state index contributed by atoms with van der Waals surface area (Å²) in [5.74, 6) is 0. The SMILES string of the molecule is CCC1(C)CNC1c1ccc(C)cn1. The molecule has 0 bridgehead atoms. The van der Waals surface area contributed by atoms with Crippen LogP contribution >= 0.6 is 0 Å². The van der Waals surface area contributed by atoms with Gasteiger partial charge in [-0.15, -0.1) is 0 Å². The van der Waals surface area contributed by atoms with Crippen LogP contribution in [0.15, 0.2) is 18.3 Å². The molecule has 1 aromatic heterocycles. The molecule has 1 N–H and O–H groups in total. The van der Waals surface area contributed by atoms with Crippen molar-refractivity contribution >= 4 is 0 Å². The highest BCUT2D eigenvalue weighted by Gasteiger charge is 2.42. The second kappa shape index (κ2) is 3.35. The van der Waals surface area contributed by atoms with Gasteiger partial charge in [-0.2, -0.15) is 0 Å². The Morgan fingerprint density at radius 2 is 2.36 bits per heavy atom. The van der Waals surface area contributed by atoms with Crippen molar-refractivity contribution in [1.82, 2.24) is 10.3 Å². The Bertz CT molecular complexity index is 314. The fraction of sp³-hybridized carbons (Fsp3) is 0.583. The van der Waals surface area contributed by atoms with Crippen molar-refractivity contribution in [2.24, 2.45) is 5.41 Å². The Labute approximate surface area is 85.7 Å². The number of aromatic nitrogens is 1. The molecule has 0 radical (unpaired) electrons. The van der Waals surface area contributed by atoms with E-state index in [2.05, 4.69) is 43.2 Å². The fourth-order valence-electron chi connectivity index (χ4n) is 1.99. The van der Waals surface area contributed by atoms with Gasteiger partial charge >= 0.3 is 0 Å². The summed E-state index contributed by atoms with van der Waals surface area (Å²) < 4.78 is 0. The maximum Gasteiger partial charge on any atom is 0.0579 e. The first kappa shape index (κ1) is 9.66. The van der Waals surface area contributed by atoms with E-state index in [-0.39, 0.29) is 0 Å². The van der Waals surface area contributed by atoms with Crippen LogP contribution in [0.5, 0.6) is 0 Å². The minimum absolute atomic E-state index is 0.405. The summed E-state index contributed by atoms with van der Waals surface area (Å²) in [6.45, 7) is 7.77. The summed E-state index contributed by atoms with van der Waals surface area (Å²) in [5.41, 5.74) is 2.82. The molecule has 1 aromatic rings. The Morgan fingerprint density at radius 3 is 2.79 bits per heavy atom. The molecule has 1 fully saturated rings. The monoisotopic (exact) mass is 190 g/mol. The first-order chi connectivity index (χ1) is 6.65. The second-order valence-corrected chi connectivity index (χ2v) is 4.58. The van der Waals surface area contributed by atoms with E-state index in [1.54, 1.807) is 0 Å². The minimum atomic E-state index is 0.405. The van der Waals surface area contributed by atoms with Crippen LogP contribution in [-0.2, 0) is 0 Å². The first-order valence-corrected chi connectivity index (χ1v) is 5.31. The third kappa shape index (κ3) is 1.44. The van der Waals surface area contributed by atoms with Gasteiger partial charge in [-0.1, -0.05) is 19.9 Å².